The van der Waals surface area contributed by atoms with E-state index in [1.165, 1.54) is 12.8 Å². The number of halogens is 2. The second-order valence-corrected chi connectivity index (χ2v) is 6.10. The highest BCUT2D eigenvalue weighted by molar-refractivity contribution is 9.10. The fourth-order valence-corrected chi connectivity index (χ4v) is 3.13. The lowest BCUT2D eigenvalue weighted by atomic mass is 10.2. The van der Waals surface area contributed by atoms with E-state index in [9.17, 15) is 4.79 Å². The molecule has 0 bridgehead atoms. The van der Waals surface area contributed by atoms with Crippen LogP contribution in [-0.2, 0) is 4.79 Å². The summed E-state index contributed by atoms with van der Waals surface area (Å²) < 4.78 is 6.30. The smallest absolute Gasteiger partial charge is 0.260 e. The van der Waals surface area contributed by atoms with Gasteiger partial charge in [-0.15, -0.1) is 0 Å². The lowest BCUT2D eigenvalue weighted by Crippen LogP contribution is -2.38. The monoisotopic (exact) mass is 345 g/mol. The van der Waals surface area contributed by atoms with Crippen LogP contribution in [0.2, 0.25) is 5.02 Å². The number of hydrogen-bond donors (Lipinski definition) is 0. The first-order chi connectivity index (χ1) is 9.08. The van der Waals surface area contributed by atoms with Crippen LogP contribution in [0.5, 0.6) is 5.75 Å². The summed E-state index contributed by atoms with van der Waals surface area (Å²) in [5.41, 5.74) is 0. The first-order valence-electron chi connectivity index (χ1n) is 6.41. The molecule has 3 nitrogen and oxygen atoms in total. The number of carbonyl (C=O) groups is 1. The topological polar surface area (TPSA) is 29.5 Å². The normalized spacial score (nSPS) is 15.5. The van der Waals surface area contributed by atoms with Gasteiger partial charge < -0.3 is 9.64 Å². The zero-order valence-corrected chi connectivity index (χ0v) is 13.2. The first kappa shape index (κ1) is 14.7. The Kier molecular flexibility index (Phi) is 5.11. The minimum absolute atomic E-state index is 0.0220. The highest BCUT2D eigenvalue weighted by Crippen LogP contribution is 2.28. The zero-order valence-electron chi connectivity index (χ0n) is 10.9. The van der Waals surface area contributed by atoms with E-state index in [0.717, 1.165) is 17.3 Å². The van der Waals surface area contributed by atoms with E-state index >= 15 is 0 Å². The lowest BCUT2D eigenvalue weighted by molar-refractivity contribution is -0.134. The maximum absolute atomic E-state index is 12.0. The third-order valence-electron chi connectivity index (χ3n) is 3.51. The summed E-state index contributed by atoms with van der Waals surface area (Å²) in [6.07, 6.45) is 4.64. The molecule has 0 N–H and O–H groups in total. The van der Waals surface area contributed by atoms with Crippen molar-refractivity contribution >= 4 is 33.4 Å². The van der Waals surface area contributed by atoms with E-state index in [1.54, 1.807) is 18.2 Å². The van der Waals surface area contributed by atoms with Crippen molar-refractivity contribution in [3.8, 4) is 5.75 Å². The zero-order chi connectivity index (χ0) is 13.8. The highest BCUT2D eigenvalue weighted by Gasteiger charge is 2.23. The van der Waals surface area contributed by atoms with Gasteiger partial charge in [0.05, 0.1) is 4.47 Å². The molecule has 0 aliphatic heterocycles. The molecule has 1 aliphatic rings. The van der Waals surface area contributed by atoms with E-state index in [1.807, 2.05) is 11.9 Å². The lowest BCUT2D eigenvalue weighted by Gasteiger charge is -2.24. The molecule has 1 aliphatic carbocycles. The molecule has 0 unspecified atom stereocenters. The van der Waals surface area contributed by atoms with Crippen molar-refractivity contribution in [2.45, 2.75) is 31.7 Å². The quantitative estimate of drug-likeness (QED) is 0.828. The number of amides is 1. The van der Waals surface area contributed by atoms with Gasteiger partial charge in [-0.2, -0.15) is 0 Å². The number of rotatable bonds is 4. The Bertz CT molecular complexity index is 461. The van der Waals surface area contributed by atoms with Crippen LogP contribution in [-0.4, -0.2) is 30.5 Å². The van der Waals surface area contributed by atoms with Gasteiger partial charge in [0.2, 0.25) is 0 Å². The molecule has 104 valence electrons. The van der Waals surface area contributed by atoms with Crippen molar-refractivity contribution in [1.82, 2.24) is 4.90 Å². The molecule has 1 amide bonds. The van der Waals surface area contributed by atoms with Crippen LogP contribution < -0.4 is 4.74 Å². The number of nitrogens with zero attached hydrogens (tertiary/aromatic N) is 1. The summed E-state index contributed by atoms with van der Waals surface area (Å²) in [6.45, 7) is 0.0627. The summed E-state index contributed by atoms with van der Waals surface area (Å²) >= 11 is 9.22. The fourth-order valence-electron chi connectivity index (χ4n) is 2.33. The van der Waals surface area contributed by atoms with Crippen molar-refractivity contribution in [1.29, 1.82) is 0 Å². The Hall–Kier alpha value is -0.740. The van der Waals surface area contributed by atoms with Crippen LogP contribution in [0, 0.1) is 0 Å². The predicted octanol–water partition coefficient (Wildman–Crippen LogP) is 3.88. The average Bonchev–Trinajstić information content (AvgIpc) is 2.90. The molecule has 1 fully saturated rings. The van der Waals surface area contributed by atoms with Crippen LogP contribution in [0.4, 0.5) is 0 Å². The Morgan fingerprint density at radius 2 is 2.16 bits per heavy atom. The number of carbonyl (C=O) groups excluding carboxylic acids is 1. The van der Waals surface area contributed by atoms with Crippen molar-refractivity contribution in [3.63, 3.8) is 0 Å². The first-order valence-corrected chi connectivity index (χ1v) is 7.58. The molecule has 1 saturated carbocycles. The van der Waals surface area contributed by atoms with Gasteiger partial charge in [-0.05, 0) is 47.0 Å². The third-order valence-corrected chi connectivity index (χ3v) is 4.37. The molecule has 2 rings (SSSR count). The second-order valence-electron chi connectivity index (χ2n) is 4.81. The summed E-state index contributed by atoms with van der Waals surface area (Å²) in [7, 11) is 1.86. The van der Waals surface area contributed by atoms with E-state index in [4.69, 9.17) is 16.3 Å². The largest absolute Gasteiger partial charge is 0.483 e. The Morgan fingerprint density at radius 3 is 2.79 bits per heavy atom. The molecular weight excluding hydrogens is 330 g/mol. The van der Waals surface area contributed by atoms with Crippen molar-refractivity contribution in [3.05, 3.63) is 27.7 Å². The predicted molar refractivity (Wildman–Crippen MR) is 79.7 cm³/mol. The van der Waals surface area contributed by atoms with Gasteiger partial charge in [-0.1, -0.05) is 24.4 Å². The van der Waals surface area contributed by atoms with Crippen LogP contribution in [0.25, 0.3) is 0 Å². The molecule has 0 atom stereocenters. The molecule has 5 heteroatoms. The van der Waals surface area contributed by atoms with Gasteiger partial charge in [0.1, 0.15) is 5.75 Å². The van der Waals surface area contributed by atoms with Gasteiger partial charge in [-0.25, -0.2) is 0 Å². The van der Waals surface area contributed by atoms with Gasteiger partial charge in [0.25, 0.3) is 5.91 Å². The molecule has 0 saturated heterocycles. The van der Waals surface area contributed by atoms with Gasteiger partial charge >= 0.3 is 0 Å². The Balaban J connectivity index is 1.89. The molecule has 1 aromatic carbocycles. The molecule has 0 aromatic heterocycles. The molecule has 0 radical (unpaired) electrons. The Labute approximate surface area is 127 Å². The summed E-state index contributed by atoms with van der Waals surface area (Å²) in [4.78, 5) is 13.9. The van der Waals surface area contributed by atoms with Gasteiger partial charge in [0.15, 0.2) is 6.61 Å². The number of ether oxygens (including phenoxy) is 1. The van der Waals surface area contributed by atoms with Crippen molar-refractivity contribution < 1.29 is 9.53 Å². The van der Waals surface area contributed by atoms with Crippen LogP contribution >= 0.6 is 27.5 Å². The number of benzene rings is 1. The van der Waals surface area contributed by atoms with Gasteiger partial charge in [0, 0.05) is 18.1 Å². The van der Waals surface area contributed by atoms with E-state index in [-0.39, 0.29) is 12.5 Å². The van der Waals surface area contributed by atoms with E-state index < -0.39 is 0 Å². The number of likely N-dealkylation sites (N-methyl/N-ethyl adjacent to an activating group) is 1. The molecule has 0 spiro atoms. The minimum atomic E-state index is 0.0220. The fraction of sp³-hybridized carbons (Fsp3) is 0.500. The van der Waals surface area contributed by atoms with E-state index in [0.29, 0.717) is 16.8 Å². The van der Waals surface area contributed by atoms with E-state index in [2.05, 4.69) is 15.9 Å². The maximum Gasteiger partial charge on any atom is 0.260 e. The van der Waals surface area contributed by atoms with Crippen molar-refractivity contribution in [2.24, 2.45) is 0 Å². The van der Waals surface area contributed by atoms with Gasteiger partial charge in [-0.3, -0.25) is 4.79 Å². The van der Waals surface area contributed by atoms with Crippen molar-refractivity contribution in [2.75, 3.05) is 13.7 Å². The highest BCUT2D eigenvalue weighted by atomic mass is 79.9. The summed E-state index contributed by atoms with van der Waals surface area (Å²) in [5.74, 6) is 0.659. The molecule has 0 heterocycles. The molecule has 19 heavy (non-hydrogen) atoms. The second kappa shape index (κ2) is 6.62. The average molecular weight is 347 g/mol. The third kappa shape index (κ3) is 3.86. The van der Waals surface area contributed by atoms with Crippen LogP contribution in [0.15, 0.2) is 22.7 Å². The standard InChI is InChI=1S/C14H17BrClNO2/c1-17(11-4-2-3-5-11)14(18)9-19-13-7-6-10(16)8-12(13)15/h6-8,11H,2-5,9H2,1H3. The Morgan fingerprint density at radius 1 is 1.47 bits per heavy atom. The SMILES string of the molecule is CN(C(=O)COc1ccc(Cl)cc1Br)C1CCCC1. The molecular formula is C14H17BrClNO2. The molecule has 1 aromatic rings. The maximum atomic E-state index is 12.0. The summed E-state index contributed by atoms with van der Waals surface area (Å²) in [5, 5.41) is 0.633. The number of hydrogen-bond acceptors (Lipinski definition) is 2. The van der Waals surface area contributed by atoms with Crippen LogP contribution in [0.1, 0.15) is 25.7 Å². The van der Waals surface area contributed by atoms with Crippen LogP contribution in [0.3, 0.4) is 0 Å². The summed E-state index contributed by atoms with van der Waals surface area (Å²) in [6, 6.07) is 5.63. The minimum Gasteiger partial charge on any atom is -0.483 e.